The lowest BCUT2D eigenvalue weighted by Crippen LogP contribution is -2.06. The predicted molar refractivity (Wildman–Crippen MR) is 75.5 cm³/mol. The van der Waals surface area contributed by atoms with E-state index in [1.165, 1.54) is 7.11 Å². The van der Waals surface area contributed by atoms with E-state index in [1.807, 2.05) is 30.3 Å². The summed E-state index contributed by atoms with van der Waals surface area (Å²) < 4.78 is 10.8. The van der Waals surface area contributed by atoms with Gasteiger partial charge in [0.2, 0.25) is 0 Å². The van der Waals surface area contributed by atoms with Crippen molar-refractivity contribution in [1.29, 1.82) is 0 Å². The van der Waals surface area contributed by atoms with Gasteiger partial charge in [-0.25, -0.2) is 4.79 Å². The van der Waals surface area contributed by atoms with E-state index in [2.05, 4.69) is 0 Å². The Bertz CT molecular complexity index is 605. The molecule has 0 aliphatic heterocycles. The summed E-state index contributed by atoms with van der Waals surface area (Å²) in [6.45, 7) is 2.04. The molecule has 4 heteroatoms. The Morgan fingerprint density at radius 3 is 2.50 bits per heavy atom. The zero-order valence-electron chi connectivity index (χ0n) is 11.4. The fourth-order valence-electron chi connectivity index (χ4n) is 1.96. The van der Waals surface area contributed by atoms with E-state index >= 15 is 0 Å². The molecule has 4 nitrogen and oxygen atoms in total. The van der Waals surface area contributed by atoms with Gasteiger partial charge in [0.05, 0.1) is 7.11 Å². The van der Waals surface area contributed by atoms with Crippen LogP contribution < -0.4 is 9.47 Å². The van der Waals surface area contributed by atoms with Crippen LogP contribution in [0.5, 0.6) is 11.5 Å². The SMILES string of the molecule is COc1cc(C)c(C(=O)O)c(OCc2ccccc2)c1. The molecule has 0 atom stereocenters. The van der Waals surface area contributed by atoms with E-state index in [9.17, 15) is 9.90 Å². The smallest absolute Gasteiger partial charge is 0.339 e. The first-order valence-corrected chi connectivity index (χ1v) is 6.20. The van der Waals surface area contributed by atoms with Crippen LogP contribution in [0.4, 0.5) is 0 Å². The predicted octanol–water partition coefficient (Wildman–Crippen LogP) is 3.28. The van der Waals surface area contributed by atoms with E-state index in [-0.39, 0.29) is 5.56 Å². The highest BCUT2D eigenvalue weighted by Gasteiger charge is 2.16. The van der Waals surface area contributed by atoms with Gasteiger partial charge >= 0.3 is 5.97 Å². The van der Waals surface area contributed by atoms with Crippen molar-refractivity contribution < 1.29 is 19.4 Å². The van der Waals surface area contributed by atoms with Gasteiger partial charge in [-0.2, -0.15) is 0 Å². The lowest BCUT2D eigenvalue weighted by atomic mass is 10.1. The van der Waals surface area contributed by atoms with Crippen molar-refractivity contribution >= 4 is 5.97 Å². The van der Waals surface area contributed by atoms with Gasteiger partial charge < -0.3 is 14.6 Å². The summed E-state index contributed by atoms with van der Waals surface area (Å²) in [6.07, 6.45) is 0. The number of methoxy groups -OCH3 is 1. The Morgan fingerprint density at radius 1 is 1.20 bits per heavy atom. The van der Waals surface area contributed by atoms with E-state index in [4.69, 9.17) is 9.47 Å². The van der Waals surface area contributed by atoms with Gasteiger partial charge in [-0.3, -0.25) is 0 Å². The molecular weight excluding hydrogens is 256 g/mol. The third-order valence-corrected chi connectivity index (χ3v) is 2.96. The van der Waals surface area contributed by atoms with E-state index in [0.717, 1.165) is 5.56 Å². The van der Waals surface area contributed by atoms with Gasteiger partial charge in [0, 0.05) is 6.07 Å². The molecule has 20 heavy (non-hydrogen) atoms. The Morgan fingerprint density at radius 2 is 1.90 bits per heavy atom. The minimum atomic E-state index is -1.01. The minimum absolute atomic E-state index is 0.168. The average molecular weight is 272 g/mol. The second kappa shape index (κ2) is 6.10. The largest absolute Gasteiger partial charge is 0.497 e. The number of carbonyl (C=O) groups is 1. The van der Waals surface area contributed by atoms with Gasteiger partial charge in [-0.15, -0.1) is 0 Å². The molecule has 0 amide bonds. The molecular formula is C16H16O4. The monoisotopic (exact) mass is 272 g/mol. The van der Waals surface area contributed by atoms with Gasteiger partial charge in [-0.05, 0) is 24.1 Å². The molecule has 2 aromatic carbocycles. The van der Waals surface area contributed by atoms with Gasteiger partial charge in [-0.1, -0.05) is 30.3 Å². The van der Waals surface area contributed by atoms with Gasteiger partial charge in [0.25, 0.3) is 0 Å². The summed E-state index contributed by atoms with van der Waals surface area (Å²) in [5, 5.41) is 9.29. The number of hydrogen-bond donors (Lipinski definition) is 1. The number of benzene rings is 2. The molecule has 0 unspecified atom stereocenters. The molecule has 0 radical (unpaired) electrons. The van der Waals surface area contributed by atoms with Crippen LogP contribution in [0.1, 0.15) is 21.5 Å². The average Bonchev–Trinajstić information content (AvgIpc) is 2.45. The first kappa shape index (κ1) is 13.9. The van der Waals surface area contributed by atoms with Crippen LogP contribution in [-0.4, -0.2) is 18.2 Å². The fourth-order valence-corrected chi connectivity index (χ4v) is 1.96. The highest BCUT2D eigenvalue weighted by molar-refractivity contribution is 5.93. The van der Waals surface area contributed by atoms with E-state index in [0.29, 0.717) is 23.7 Å². The molecule has 0 saturated carbocycles. The van der Waals surface area contributed by atoms with Crippen LogP contribution >= 0.6 is 0 Å². The van der Waals surface area contributed by atoms with E-state index < -0.39 is 5.97 Å². The van der Waals surface area contributed by atoms with Crippen LogP contribution in [-0.2, 0) is 6.61 Å². The molecule has 0 aliphatic rings. The number of carboxylic acid groups (broad SMARTS) is 1. The minimum Gasteiger partial charge on any atom is -0.497 e. The van der Waals surface area contributed by atoms with Crippen molar-refractivity contribution in [1.82, 2.24) is 0 Å². The van der Waals surface area contributed by atoms with Crippen molar-refractivity contribution in [2.75, 3.05) is 7.11 Å². The lowest BCUT2D eigenvalue weighted by Gasteiger charge is -2.13. The van der Waals surface area contributed by atoms with Crippen molar-refractivity contribution in [3.8, 4) is 11.5 Å². The highest BCUT2D eigenvalue weighted by Crippen LogP contribution is 2.29. The van der Waals surface area contributed by atoms with Crippen LogP contribution in [0.2, 0.25) is 0 Å². The number of aromatic carboxylic acids is 1. The third kappa shape index (κ3) is 3.09. The molecule has 0 aromatic heterocycles. The molecule has 2 aromatic rings. The lowest BCUT2D eigenvalue weighted by molar-refractivity contribution is 0.0691. The molecule has 0 bridgehead atoms. The van der Waals surface area contributed by atoms with Crippen LogP contribution in [0.15, 0.2) is 42.5 Å². The Balaban J connectivity index is 2.29. The first-order valence-electron chi connectivity index (χ1n) is 6.20. The second-order valence-electron chi connectivity index (χ2n) is 4.40. The molecule has 0 saturated heterocycles. The summed E-state index contributed by atoms with van der Waals surface area (Å²) in [5.74, 6) is -0.109. The van der Waals surface area contributed by atoms with Crippen molar-refractivity contribution in [2.24, 2.45) is 0 Å². The summed E-state index contributed by atoms with van der Waals surface area (Å²) in [5.41, 5.74) is 1.76. The Labute approximate surface area is 117 Å². The van der Waals surface area contributed by atoms with Crippen molar-refractivity contribution in [3.05, 3.63) is 59.2 Å². The van der Waals surface area contributed by atoms with Gasteiger partial charge in [0.1, 0.15) is 23.7 Å². The van der Waals surface area contributed by atoms with Crippen LogP contribution in [0, 0.1) is 6.92 Å². The zero-order valence-corrected chi connectivity index (χ0v) is 11.4. The highest BCUT2D eigenvalue weighted by atomic mass is 16.5. The quantitative estimate of drug-likeness (QED) is 0.907. The fraction of sp³-hybridized carbons (Fsp3) is 0.188. The van der Waals surface area contributed by atoms with Crippen LogP contribution in [0.25, 0.3) is 0 Å². The summed E-state index contributed by atoms with van der Waals surface area (Å²) in [6, 6.07) is 12.9. The maximum absolute atomic E-state index is 11.3. The number of carboxylic acids is 1. The summed E-state index contributed by atoms with van der Waals surface area (Å²) >= 11 is 0. The Hall–Kier alpha value is -2.49. The van der Waals surface area contributed by atoms with Crippen LogP contribution in [0.3, 0.4) is 0 Å². The standard InChI is InChI=1S/C16H16O4/c1-11-8-13(19-2)9-14(15(11)16(17)18)20-10-12-6-4-3-5-7-12/h3-9H,10H2,1-2H3,(H,17,18). The maximum Gasteiger partial charge on any atom is 0.339 e. The number of aryl methyl sites for hydroxylation is 1. The molecule has 0 aliphatic carbocycles. The Kier molecular flexibility index (Phi) is 4.25. The normalized spacial score (nSPS) is 10.1. The number of rotatable bonds is 5. The molecule has 104 valence electrons. The summed E-state index contributed by atoms with van der Waals surface area (Å²) in [4.78, 5) is 11.3. The molecule has 0 spiro atoms. The van der Waals surface area contributed by atoms with Crippen molar-refractivity contribution in [3.63, 3.8) is 0 Å². The van der Waals surface area contributed by atoms with E-state index in [1.54, 1.807) is 19.1 Å². The number of ether oxygens (including phenoxy) is 2. The van der Waals surface area contributed by atoms with Crippen molar-refractivity contribution in [2.45, 2.75) is 13.5 Å². The van der Waals surface area contributed by atoms with Gasteiger partial charge in [0.15, 0.2) is 0 Å². The molecule has 0 fully saturated rings. The topological polar surface area (TPSA) is 55.8 Å². The first-order chi connectivity index (χ1) is 9.61. The second-order valence-corrected chi connectivity index (χ2v) is 4.40. The summed E-state index contributed by atoms with van der Waals surface area (Å²) in [7, 11) is 1.54. The third-order valence-electron chi connectivity index (χ3n) is 2.96. The molecule has 2 rings (SSSR count). The molecule has 0 heterocycles. The number of hydrogen-bond acceptors (Lipinski definition) is 3. The maximum atomic E-state index is 11.3. The molecule has 1 N–H and O–H groups in total. The zero-order chi connectivity index (χ0) is 14.5.